The lowest BCUT2D eigenvalue weighted by Gasteiger charge is -2.19. The minimum Gasteiger partial charge on any atom is -0.327 e. The number of halogens is 1. The van der Waals surface area contributed by atoms with Gasteiger partial charge in [-0.3, -0.25) is 0 Å². The second-order valence-electron chi connectivity index (χ2n) is 3.78. The number of nitrogens with zero attached hydrogens (tertiary/aromatic N) is 1. The van der Waals surface area contributed by atoms with E-state index in [1.807, 2.05) is 13.8 Å². The van der Waals surface area contributed by atoms with Crippen molar-refractivity contribution in [3.8, 4) is 0 Å². The first kappa shape index (κ1) is 16.6. The van der Waals surface area contributed by atoms with E-state index in [0.717, 1.165) is 0 Å². The first-order valence-corrected chi connectivity index (χ1v) is 6.27. The van der Waals surface area contributed by atoms with Gasteiger partial charge >= 0.3 is 0 Å². The molecule has 0 amide bonds. The summed E-state index contributed by atoms with van der Waals surface area (Å²) >= 11 is 0. The van der Waals surface area contributed by atoms with Gasteiger partial charge < -0.3 is 5.73 Å². The van der Waals surface area contributed by atoms with Crippen LogP contribution in [0.3, 0.4) is 0 Å². The monoisotopic (exact) mass is 244 g/mol. The maximum Gasteiger partial charge on any atom is 0.210 e. The number of hydrogen-bond acceptors (Lipinski definition) is 3. The molecule has 0 aromatic heterocycles. The first-order valence-electron chi connectivity index (χ1n) is 4.42. The zero-order valence-electron chi connectivity index (χ0n) is 9.23. The minimum absolute atomic E-state index is 0. The highest BCUT2D eigenvalue weighted by atomic mass is 35.5. The van der Waals surface area contributed by atoms with Crippen molar-refractivity contribution in [3.63, 3.8) is 0 Å². The van der Waals surface area contributed by atoms with E-state index < -0.39 is 10.0 Å². The van der Waals surface area contributed by atoms with Crippen molar-refractivity contribution in [2.24, 2.45) is 11.7 Å². The zero-order valence-corrected chi connectivity index (χ0v) is 10.9. The lowest BCUT2D eigenvalue weighted by molar-refractivity contribution is 0.399. The predicted octanol–water partition coefficient (Wildman–Crippen LogP) is 0.673. The molecule has 0 aliphatic rings. The summed E-state index contributed by atoms with van der Waals surface area (Å²) in [6.07, 6.45) is 1.91. The molecule has 0 fully saturated rings. The van der Waals surface area contributed by atoms with Gasteiger partial charge in [0.1, 0.15) is 0 Å². The van der Waals surface area contributed by atoms with Crippen molar-refractivity contribution in [1.82, 2.24) is 4.31 Å². The number of rotatable bonds is 5. The Bertz CT molecular complexity index is 242. The van der Waals surface area contributed by atoms with Crippen molar-refractivity contribution in [2.45, 2.75) is 26.3 Å². The fourth-order valence-electron chi connectivity index (χ4n) is 0.830. The molecule has 4 nitrogen and oxygen atoms in total. The predicted molar refractivity (Wildman–Crippen MR) is 62.2 cm³/mol. The third kappa shape index (κ3) is 6.59. The molecule has 0 radical (unpaired) electrons. The van der Waals surface area contributed by atoms with E-state index in [1.54, 1.807) is 7.05 Å². The second-order valence-corrected chi connectivity index (χ2v) is 5.87. The molecule has 14 heavy (non-hydrogen) atoms. The Morgan fingerprint density at radius 1 is 1.36 bits per heavy atom. The summed E-state index contributed by atoms with van der Waals surface area (Å²) < 4.78 is 23.3. The van der Waals surface area contributed by atoms with Gasteiger partial charge in [-0.25, -0.2) is 12.7 Å². The third-order valence-electron chi connectivity index (χ3n) is 2.20. The molecule has 1 atom stereocenters. The largest absolute Gasteiger partial charge is 0.327 e. The van der Waals surface area contributed by atoms with Crippen LogP contribution in [0, 0.1) is 5.92 Å². The van der Waals surface area contributed by atoms with Crippen molar-refractivity contribution < 1.29 is 8.42 Å². The fourth-order valence-corrected chi connectivity index (χ4v) is 1.27. The molecule has 0 rings (SSSR count). The van der Waals surface area contributed by atoms with Crippen molar-refractivity contribution >= 4 is 22.4 Å². The fraction of sp³-hybridized carbons (Fsp3) is 1.00. The molecule has 2 N–H and O–H groups in total. The molecule has 0 aliphatic carbocycles. The Labute approximate surface area is 93.3 Å². The normalized spacial score (nSPS) is 14.2. The lowest BCUT2D eigenvalue weighted by atomic mass is 10.0. The van der Waals surface area contributed by atoms with Crippen LogP contribution in [0.15, 0.2) is 0 Å². The molecular weight excluding hydrogens is 224 g/mol. The Balaban J connectivity index is 0. The van der Waals surface area contributed by atoms with Gasteiger partial charge in [0, 0.05) is 19.6 Å². The van der Waals surface area contributed by atoms with Crippen molar-refractivity contribution in [1.29, 1.82) is 0 Å². The van der Waals surface area contributed by atoms with Crippen molar-refractivity contribution in [3.05, 3.63) is 0 Å². The maximum absolute atomic E-state index is 11.0. The smallest absolute Gasteiger partial charge is 0.210 e. The molecule has 0 aromatic rings. The Morgan fingerprint density at radius 3 is 2.07 bits per heavy atom. The molecule has 88 valence electrons. The Hall–Kier alpha value is 0.160. The van der Waals surface area contributed by atoms with E-state index in [9.17, 15) is 8.42 Å². The summed E-state index contributed by atoms with van der Waals surface area (Å²) in [6, 6.07) is 0.0733. The average Bonchev–Trinajstić information content (AvgIpc) is 1.97. The summed E-state index contributed by atoms with van der Waals surface area (Å²) in [5.74, 6) is 0.396. The number of hydrogen-bond donors (Lipinski definition) is 1. The van der Waals surface area contributed by atoms with E-state index >= 15 is 0 Å². The van der Waals surface area contributed by atoms with Crippen LogP contribution in [-0.4, -0.2) is 38.6 Å². The van der Waals surface area contributed by atoms with Gasteiger partial charge in [-0.2, -0.15) is 0 Å². The molecule has 0 aromatic carbocycles. The molecule has 0 bridgehead atoms. The van der Waals surface area contributed by atoms with Gasteiger partial charge in [-0.05, 0) is 12.3 Å². The topological polar surface area (TPSA) is 63.4 Å². The van der Waals surface area contributed by atoms with Gasteiger partial charge in [0.15, 0.2) is 0 Å². The van der Waals surface area contributed by atoms with Gasteiger partial charge in [0.2, 0.25) is 10.0 Å². The lowest BCUT2D eigenvalue weighted by Crippen LogP contribution is -2.34. The molecule has 0 saturated heterocycles. The zero-order chi connectivity index (χ0) is 10.6. The van der Waals surface area contributed by atoms with E-state index in [4.69, 9.17) is 5.73 Å². The molecule has 0 saturated carbocycles. The minimum atomic E-state index is -3.05. The van der Waals surface area contributed by atoms with Gasteiger partial charge in [0.05, 0.1) is 6.26 Å². The van der Waals surface area contributed by atoms with Crippen LogP contribution in [0.4, 0.5) is 0 Å². The highest BCUT2D eigenvalue weighted by Crippen LogP contribution is 2.04. The summed E-state index contributed by atoms with van der Waals surface area (Å²) in [5.41, 5.74) is 5.79. The SMILES string of the molecule is CC(C)C(N)CCN(C)S(C)(=O)=O.Cl. The molecule has 0 aliphatic heterocycles. The van der Waals surface area contributed by atoms with Crippen LogP contribution in [0.25, 0.3) is 0 Å². The van der Waals surface area contributed by atoms with Gasteiger partial charge in [-0.15, -0.1) is 12.4 Å². The van der Waals surface area contributed by atoms with Crippen LogP contribution < -0.4 is 5.73 Å². The summed E-state index contributed by atoms with van der Waals surface area (Å²) in [6.45, 7) is 4.56. The van der Waals surface area contributed by atoms with Crippen LogP contribution in [0.2, 0.25) is 0 Å². The molecule has 1 unspecified atom stereocenters. The summed E-state index contributed by atoms with van der Waals surface area (Å²) in [7, 11) is -1.47. The van der Waals surface area contributed by atoms with E-state index in [0.29, 0.717) is 18.9 Å². The van der Waals surface area contributed by atoms with E-state index in [2.05, 4.69) is 0 Å². The van der Waals surface area contributed by atoms with E-state index in [-0.39, 0.29) is 18.4 Å². The molecular formula is C8H21ClN2O2S. The summed E-state index contributed by atoms with van der Waals surface area (Å²) in [5, 5.41) is 0. The van der Waals surface area contributed by atoms with Crippen molar-refractivity contribution in [2.75, 3.05) is 19.8 Å². The van der Waals surface area contributed by atoms with E-state index in [1.165, 1.54) is 10.6 Å². The molecule has 0 spiro atoms. The highest BCUT2D eigenvalue weighted by molar-refractivity contribution is 7.88. The average molecular weight is 245 g/mol. The maximum atomic E-state index is 11.0. The molecule has 0 heterocycles. The standard InChI is InChI=1S/C8H20N2O2S.ClH/c1-7(2)8(9)5-6-10(3)13(4,11)12;/h7-8H,5-6,9H2,1-4H3;1H. The van der Waals surface area contributed by atoms with Gasteiger partial charge in [0.25, 0.3) is 0 Å². The number of sulfonamides is 1. The third-order valence-corrected chi connectivity index (χ3v) is 3.51. The van der Waals surface area contributed by atoms with Gasteiger partial charge in [-0.1, -0.05) is 13.8 Å². The van der Waals surface area contributed by atoms with Crippen LogP contribution >= 0.6 is 12.4 Å². The van der Waals surface area contributed by atoms with Crippen LogP contribution in [0.1, 0.15) is 20.3 Å². The molecule has 6 heteroatoms. The summed E-state index contributed by atoms with van der Waals surface area (Å²) in [4.78, 5) is 0. The first-order chi connectivity index (χ1) is 5.75. The van der Waals surface area contributed by atoms with Crippen LogP contribution in [-0.2, 0) is 10.0 Å². The Morgan fingerprint density at radius 2 is 1.79 bits per heavy atom. The highest BCUT2D eigenvalue weighted by Gasteiger charge is 2.13. The van der Waals surface area contributed by atoms with Crippen LogP contribution in [0.5, 0.6) is 0 Å². The second kappa shape index (κ2) is 6.61. The quantitative estimate of drug-likeness (QED) is 0.774. The Kier molecular flexibility index (Phi) is 7.83. The number of nitrogens with two attached hydrogens (primary N) is 1.